The first-order valence-corrected chi connectivity index (χ1v) is 7.96. The Morgan fingerprint density at radius 3 is 2.68 bits per heavy atom. The summed E-state index contributed by atoms with van der Waals surface area (Å²) < 4.78 is 11.2. The van der Waals surface area contributed by atoms with Gasteiger partial charge in [0.1, 0.15) is 5.75 Å². The van der Waals surface area contributed by atoms with Gasteiger partial charge in [-0.05, 0) is 32.0 Å². The highest BCUT2D eigenvalue weighted by molar-refractivity contribution is 6.31. The summed E-state index contributed by atoms with van der Waals surface area (Å²) in [5.74, 6) is 0.673. The number of amides is 1. The fourth-order valence-corrected chi connectivity index (χ4v) is 3.00. The summed E-state index contributed by atoms with van der Waals surface area (Å²) in [4.78, 5) is 16.8. The van der Waals surface area contributed by atoms with Gasteiger partial charge in [0.05, 0.1) is 18.9 Å². The van der Waals surface area contributed by atoms with Crippen molar-refractivity contribution in [3.8, 4) is 5.75 Å². The Kier molecular flexibility index (Phi) is 4.30. The summed E-state index contributed by atoms with van der Waals surface area (Å²) in [7, 11) is 0. The number of morpholine rings is 1. The molecule has 0 unspecified atom stereocenters. The average molecular weight is 325 g/mol. The third-order valence-corrected chi connectivity index (χ3v) is 4.32. The molecule has 0 N–H and O–H groups in total. The Morgan fingerprint density at radius 2 is 1.95 bits per heavy atom. The number of fused-ring (bicyclic) bond motifs is 1. The molecule has 1 aromatic rings. The first-order valence-electron chi connectivity index (χ1n) is 7.58. The van der Waals surface area contributed by atoms with E-state index in [4.69, 9.17) is 21.1 Å². The Labute approximate surface area is 135 Å². The highest BCUT2D eigenvalue weighted by Gasteiger charge is 2.40. The summed E-state index contributed by atoms with van der Waals surface area (Å²) in [5, 5.41) is 0.603. The lowest BCUT2D eigenvalue weighted by Crippen LogP contribution is -2.54. The lowest BCUT2D eigenvalue weighted by molar-refractivity contribution is -0.132. The van der Waals surface area contributed by atoms with Crippen LogP contribution in [0.5, 0.6) is 5.75 Å². The Bertz CT molecular complexity index is 571. The summed E-state index contributed by atoms with van der Waals surface area (Å²) in [6.07, 6.45) is 0. The number of rotatable bonds is 3. The molecule has 2 aliphatic rings. The molecule has 0 radical (unpaired) electrons. The summed E-state index contributed by atoms with van der Waals surface area (Å²) >= 11 is 6.09. The van der Waals surface area contributed by atoms with Crippen molar-refractivity contribution in [2.75, 3.05) is 44.3 Å². The maximum atomic E-state index is 12.7. The largest absolute Gasteiger partial charge is 0.476 e. The number of hydrogen-bond donors (Lipinski definition) is 0. The molecule has 1 fully saturated rings. The molecule has 0 spiro atoms. The maximum absolute atomic E-state index is 12.7. The molecule has 0 aliphatic carbocycles. The van der Waals surface area contributed by atoms with Gasteiger partial charge in [-0.15, -0.1) is 0 Å². The van der Waals surface area contributed by atoms with E-state index in [9.17, 15) is 4.79 Å². The zero-order chi connectivity index (χ0) is 15.7. The topological polar surface area (TPSA) is 42.0 Å². The highest BCUT2D eigenvalue weighted by atomic mass is 35.5. The van der Waals surface area contributed by atoms with Crippen LogP contribution in [0.2, 0.25) is 5.02 Å². The summed E-state index contributed by atoms with van der Waals surface area (Å²) in [5.41, 5.74) is -0.101. The number of anilines is 1. The third-order valence-electron chi connectivity index (χ3n) is 4.08. The molecule has 0 aromatic heterocycles. The van der Waals surface area contributed by atoms with E-state index in [1.54, 1.807) is 30.9 Å². The van der Waals surface area contributed by atoms with Crippen molar-refractivity contribution < 1.29 is 14.3 Å². The summed E-state index contributed by atoms with van der Waals surface area (Å²) in [6, 6.07) is 5.41. The lowest BCUT2D eigenvalue weighted by Gasteiger charge is -2.40. The Balaban J connectivity index is 1.81. The quantitative estimate of drug-likeness (QED) is 0.854. The molecule has 0 atom stereocenters. The molecule has 5 nitrogen and oxygen atoms in total. The molecule has 1 aromatic carbocycles. The van der Waals surface area contributed by atoms with Crippen LogP contribution in [0.4, 0.5) is 5.69 Å². The van der Waals surface area contributed by atoms with Crippen molar-refractivity contribution >= 4 is 23.2 Å². The number of carbonyl (C=O) groups excluding carboxylic acids is 1. The van der Waals surface area contributed by atoms with Crippen molar-refractivity contribution in [2.45, 2.75) is 19.4 Å². The molecule has 2 aliphatic heterocycles. The first-order chi connectivity index (χ1) is 10.5. The van der Waals surface area contributed by atoms with E-state index in [-0.39, 0.29) is 5.91 Å². The van der Waals surface area contributed by atoms with Crippen LogP contribution in [0, 0.1) is 0 Å². The average Bonchev–Trinajstić information content (AvgIpc) is 2.49. The predicted molar refractivity (Wildman–Crippen MR) is 85.8 cm³/mol. The molecular formula is C16H21ClN2O3. The van der Waals surface area contributed by atoms with E-state index in [2.05, 4.69) is 4.90 Å². The zero-order valence-corrected chi connectivity index (χ0v) is 13.7. The number of benzene rings is 1. The van der Waals surface area contributed by atoms with Crippen molar-refractivity contribution in [1.29, 1.82) is 0 Å². The van der Waals surface area contributed by atoms with E-state index in [1.807, 2.05) is 6.07 Å². The fraction of sp³-hybridized carbons (Fsp3) is 0.562. The van der Waals surface area contributed by atoms with Crippen molar-refractivity contribution in [3.63, 3.8) is 0 Å². The summed E-state index contributed by atoms with van der Waals surface area (Å²) in [6.45, 7) is 8.36. The molecule has 1 amide bonds. The van der Waals surface area contributed by atoms with Crippen LogP contribution in [-0.4, -0.2) is 55.8 Å². The van der Waals surface area contributed by atoms with Gasteiger partial charge < -0.3 is 14.4 Å². The van der Waals surface area contributed by atoms with Crippen molar-refractivity contribution in [2.24, 2.45) is 0 Å². The molecule has 6 heteroatoms. The van der Waals surface area contributed by atoms with Crippen LogP contribution >= 0.6 is 11.6 Å². The Hall–Kier alpha value is -1.30. The molecule has 120 valence electrons. The van der Waals surface area contributed by atoms with Gasteiger partial charge in [-0.2, -0.15) is 0 Å². The zero-order valence-electron chi connectivity index (χ0n) is 13.0. The van der Waals surface area contributed by atoms with Gasteiger partial charge in [-0.1, -0.05) is 11.6 Å². The van der Waals surface area contributed by atoms with Gasteiger partial charge in [0, 0.05) is 31.2 Å². The highest BCUT2D eigenvalue weighted by Crippen LogP contribution is 2.39. The van der Waals surface area contributed by atoms with Crippen LogP contribution in [0.3, 0.4) is 0 Å². The van der Waals surface area contributed by atoms with Gasteiger partial charge in [0.15, 0.2) is 5.60 Å². The van der Waals surface area contributed by atoms with Gasteiger partial charge in [-0.25, -0.2) is 0 Å². The smallest absolute Gasteiger partial charge is 0.270 e. The molecule has 2 heterocycles. The number of ether oxygens (including phenoxy) is 2. The van der Waals surface area contributed by atoms with Crippen LogP contribution in [-0.2, 0) is 9.53 Å². The fourth-order valence-electron chi connectivity index (χ4n) is 2.83. The van der Waals surface area contributed by atoms with Crippen LogP contribution in [0.1, 0.15) is 13.8 Å². The molecule has 3 rings (SSSR count). The minimum Gasteiger partial charge on any atom is -0.476 e. The predicted octanol–water partition coefficient (Wildman–Crippen LogP) is 2.18. The number of carbonyl (C=O) groups is 1. The van der Waals surface area contributed by atoms with E-state index >= 15 is 0 Å². The number of nitrogens with zero attached hydrogens (tertiary/aromatic N) is 2. The Morgan fingerprint density at radius 1 is 1.23 bits per heavy atom. The minimum absolute atomic E-state index is 0.0319. The molecule has 22 heavy (non-hydrogen) atoms. The monoisotopic (exact) mass is 324 g/mol. The van der Waals surface area contributed by atoms with E-state index < -0.39 is 5.60 Å². The van der Waals surface area contributed by atoms with Crippen molar-refractivity contribution in [3.05, 3.63) is 23.2 Å². The second-order valence-corrected chi connectivity index (χ2v) is 6.57. The number of hydrogen-bond acceptors (Lipinski definition) is 4. The van der Waals surface area contributed by atoms with Gasteiger partial charge in [-0.3, -0.25) is 9.69 Å². The third kappa shape index (κ3) is 3.07. The standard InChI is InChI=1S/C16H21ClN2O3/c1-16(2)15(20)19(6-5-18-7-9-21-10-8-18)13-11-12(17)3-4-14(13)22-16/h3-4,11H,5-10H2,1-2H3. The second-order valence-electron chi connectivity index (χ2n) is 6.14. The van der Waals surface area contributed by atoms with E-state index in [1.165, 1.54) is 0 Å². The van der Waals surface area contributed by atoms with Crippen LogP contribution in [0.15, 0.2) is 18.2 Å². The number of halogens is 1. The van der Waals surface area contributed by atoms with E-state index in [0.717, 1.165) is 38.5 Å². The molecule has 0 bridgehead atoms. The van der Waals surface area contributed by atoms with E-state index in [0.29, 0.717) is 17.3 Å². The molecular weight excluding hydrogens is 304 g/mol. The maximum Gasteiger partial charge on any atom is 0.270 e. The normalized spacial score (nSPS) is 21.4. The SMILES string of the molecule is CC1(C)Oc2ccc(Cl)cc2N(CCN2CCOCC2)C1=O. The second kappa shape index (κ2) is 6.07. The van der Waals surface area contributed by atoms with Crippen molar-refractivity contribution in [1.82, 2.24) is 4.90 Å². The minimum atomic E-state index is -0.855. The van der Waals surface area contributed by atoms with Crippen LogP contribution < -0.4 is 9.64 Å². The first kappa shape index (κ1) is 15.6. The van der Waals surface area contributed by atoms with Gasteiger partial charge >= 0.3 is 0 Å². The van der Waals surface area contributed by atoms with Gasteiger partial charge in [0.2, 0.25) is 0 Å². The van der Waals surface area contributed by atoms with Gasteiger partial charge in [0.25, 0.3) is 5.91 Å². The molecule has 0 saturated carbocycles. The lowest BCUT2D eigenvalue weighted by atomic mass is 10.0. The molecule has 1 saturated heterocycles. The van der Waals surface area contributed by atoms with Crippen LogP contribution in [0.25, 0.3) is 0 Å².